The average molecular weight is 338 g/mol. The molecule has 0 bridgehead atoms. The lowest BCUT2D eigenvalue weighted by atomic mass is 9.66. The van der Waals surface area contributed by atoms with Crippen LogP contribution in [-0.2, 0) is 19.4 Å². The number of nitriles is 1. The van der Waals surface area contributed by atoms with Gasteiger partial charge in [0.05, 0.1) is 0 Å². The van der Waals surface area contributed by atoms with Crippen LogP contribution in [0.25, 0.3) is 11.3 Å². The maximum atomic E-state index is 9.66. The Morgan fingerprint density at radius 3 is 2.80 bits per heavy atom. The summed E-state index contributed by atoms with van der Waals surface area (Å²) in [5, 5.41) is 22.4. The van der Waals surface area contributed by atoms with E-state index in [9.17, 15) is 10.4 Å². The van der Waals surface area contributed by atoms with Crippen molar-refractivity contribution in [3.63, 3.8) is 0 Å². The highest BCUT2D eigenvalue weighted by molar-refractivity contribution is 5.76. The molecule has 2 aromatic rings. The number of aromatic nitrogens is 1. The van der Waals surface area contributed by atoms with Crippen molar-refractivity contribution in [3.8, 4) is 17.4 Å². The van der Waals surface area contributed by atoms with Crippen LogP contribution >= 0.6 is 0 Å². The minimum atomic E-state index is -0.166. The number of rotatable bonds is 2. The second-order valence-electron chi connectivity index (χ2n) is 7.13. The Morgan fingerprint density at radius 1 is 1.32 bits per heavy atom. The van der Waals surface area contributed by atoms with Gasteiger partial charge in [0.25, 0.3) is 0 Å². The van der Waals surface area contributed by atoms with Gasteiger partial charge in [0.2, 0.25) is 0 Å². The maximum absolute atomic E-state index is 9.66. The number of nitrogen functional groups attached to an aromatic ring is 1. The highest BCUT2D eigenvalue weighted by Crippen LogP contribution is 2.46. The Morgan fingerprint density at radius 2 is 2.12 bits per heavy atom. The second kappa shape index (κ2) is 6.17. The lowest BCUT2D eigenvalue weighted by molar-refractivity contribution is 0.172. The van der Waals surface area contributed by atoms with E-state index in [0.29, 0.717) is 17.1 Å². The van der Waals surface area contributed by atoms with Crippen molar-refractivity contribution < 1.29 is 9.52 Å². The fourth-order valence-electron chi connectivity index (χ4n) is 4.30. The topological polar surface area (TPSA) is 108 Å². The molecule has 0 atom stereocenters. The third-order valence-corrected chi connectivity index (χ3v) is 5.70. The van der Waals surface area contributed by atoms with Crippen LogP contribution in [0.3, 0.4) is 0 Å². The highest BCUT2D eigenvalue weighted by atomic mass is 16.4. The summed E-state index contributed by atoms with van der Waals surface area (Å²) in [6, 6.07) is 5.76. The molecule has 0 radical (unpaired) electrons. The molecule has 1 fully saturated rings. The van der Waals surface area contributed by atoms with Crippen molar-refractivity contribution in [3.05, 3.63) is 34.7 Å². The van der Waals surface area contributed by atoms with Crippen LogP contribution in [0, 0.1) is 16.7 Å². The number of nitrogens with zero attached hydrogens (tertiary/aromatic N) is 2. The van der Waals surface area contributed by atoms with Crippen molar-refractivity contribution in [1.29, 1.82) is 5.26 Å². The van der Waals surface area contributed by atoms with Gasteiger partial charge in [0, 0.05) is 11.3 Å². The van der Waals surface area contributed by atoms with Crippen LogP contribution in [-0.4, -0.2) is 23.2 Å². The van der Waals surface area contributed by atoms with Gasteiger partial charge in [0.15, 0.2) is 0 Å². The lowest BCUT2D eigenvalue weighted by Crippen LogP contribution is -2.40. The molecular weight excluding hydrogens is 316 g/mol. The van der Waals surface area contributed by atoms with Crippen LogP contribution in [0.4, 0.5) is 5.82 Å². The lowest BCUT2D eigenvalue weighted by Gasteiger charge is -2.41. The van der Waals surface area contributed by atoms with Gasteiger partial charge in [-0.2, -0.15) is 5.26 Å². The molecule has 4 rings (SSSR count). The first-order valence-corrected chi connectivity index (χ1v) is 8.78. The molecule has 6 nitrogen and oxygen atoms in total. The standard InChI is InChI=1S/C19H22N4O2/c20-10-14-17(16-2-1-12(11-24)25-16)13-9-19(5-7-22-8-6-19)4-3-15(13)23-18(14)21/h1-2,22,24H,3-9,11H2,(H2,21,23). The molecule has 0 aromatic carbocycles. The Bertz CT molecular complexity index is 844. The molecule has 0 unspecified atom stereocenters. The number of aryl methyl sites for hydroxylation is 1. The van der Waals surface area contributed by atoms with Crippen LogP contribution in [0.5, 0.6) is 0 Å². The van der Waals surface area contributed by atoms with Crippen LogP contribution < -0.4 is 11.1 Å². The van der Waals surface area contributed by atoms with Gasteiger partial charge in [-0.05, 0) is 68.3 Å². The first-order valence-electron chi connectivity index (χ1n) is 8.78. The predicted molar refractivity (Wildman–Crippen MR) is 93.6 cm³/mol. The number of aliphatic hydroxyl groups is 1. The van der Waals surface area contributed by atoms with Gasteiger partial charge in [-0.25, -0.2) is 4.98 Å². The molecule has 25 heavy (non-hydrogen) atoms. The highest BCUT2D eigenvalue weighted by Gasteiger charge is 2.38. The molecule has 0 saturated carbocycles. The average Bonchev–Trinajstić information content (AvgIpc) is 3.10. The van der Waals surface area contributed by atoms with E-state index in [1.165, 1.54) is 0 Å². The summed E-state index contributed by atoms with van der Waals surface area (Å²) in [7, 11) is 0. The van der Waals surface area contributed by atoms with E-state index in [2.05, 4.69) is 16.4 Å². The van der Waals surface area contributed by atoms with Gasteiger partial charge in [-0.15, -0.1) is 0 Å². The number of hydrogen-bond acceptors (Lipinski definition) is 6. The monoisotopic (exact) mass is 338 g/mol. The summed E-state index contributed by atoms with van der Waals surface area (Å²) in [6.07, 6.45) is 5.16. The molecule has 2 aliphatic rings. The van der Waals surface area contributed by atoms with E-state index in [0.717, 1.165) is 62.0 Å². The molecule has 1 spiro atoms. The van der Waals surface area contributed by atoms with Crippen LogP contribution in [0.2, 0.25) is 0 Å². The van der Waals surface area contributed by atoms with Crippen LogP contribution in [0.1, 0.15) is 41.8 Å². The third kappa shape index (κ3) is 2.70. The quantitative estimate of drug-likeness (QED) is 0.774. The third-order valence-electron chi connectivity index (χ3n) is 5.70. The number of anilines is 1. The molecule has 6 heteroatoms. The summed E-state index contributed by atoms with van der Waals surface area (Å²) in [4.78, 5) is 4.52. The second-order valence-corrected chi connectivity index (χ2v) is 7.13. The van der Waals surface area contributed by atoms with Crippen LogP contribution in [0.15, 0.2) is 16.5 Å². The van der Waals surface area contributed by atoms with Gasteiger partial charge in [0.1, 0.15) is 35.6 Å². The zero-order valence-electron chi connectivity index (χ0n) is 14.1. The molecule has 1 aliphatic heterocycles. The van der Waals surface area contributed by atoms with E-state index in [-0.39, 0.29) is 17.8 Å². The molecule has 1 aliphatic carbocycles. The summed E-state index contributed by atoms with van der Waals surface area (Å²) >= 11 is 0. The zero-order valence-corrected chi connectivity index (χ0v) is 14.1. The van der Waals surface area contributed by atoms with Crippen molar-refractivity contribution in [2.45, 2.75) is 38.7 Å². The Labute approximate surface area is 146 Å². The van der Waals surface area contributed by atoms with Gasteiger partial charge in [-0.3, -0.25) is 0 Å². The SMILES string of the molecule is N#Cc1c(N)nc2c(c1-c1ccc(CO)o1)CC1(CCNCC1)CC2. The summed E-state index contributed by atoms with van der Waals surface area (Å²) in [6.45, 7) is 1.90. The summed E-state index contributed by atoms with van der Waals surface area (Å²) in [5.74, 6) is 1.34. The Balaban J connectivity index is 1.87. The number of hydrogen-bond donors (Lipinski definition) is 3. The van der Waals surface area contributed by atoms with Gasteiger partial charge in [-0.1, -0.05) is 0 Å². The Kier molecular flexibility index (Phi) is 3.98. The fourth-order valence-corrected chi connectivity index (χ4v) is 4.30. The normalized spacial score (nSPS) is 18.7. The number of nitrogens with two attached hydrogens (primary N) is 1. The molecular formula is C19H22N4O2. The number of furan rings is 1. The van der Waals surface area contributed by atoms with Crippen molar-refractivity contribution in [2.75, 3.05) is 18.8 Å². The number of fused-ring (bicyclic) bond motifs is 1. The fraction of sp³-hybridized carbons (Fsp3) is 0.474. The first kappa shape index (κ1) is 16.1. The van der Waals surface area contributed by atoms with E-state index in [4.69, 9.17) is 10.2 Å². The van der Waals surface area contributed by atoms with Crippen molar-refractivity contribution in [2.24, 2.45) is 5.41 Å². The van der Waals surface area contributed by atoms with E-state index in [1.807, 2.05) is 6.07 Å². The summed E-state index contributed by atoms with van der Waals surface area (Å²) in [5.41, 5.74) is 9.56. The van der Waals surface area contributed by atoms with E-state index < -0.39 is 0 Å². The number of piperidine rings is 1. The zero-order chi connectivity index (χ0) is 17.4. The van der Waals surface area contributed by atoms with Gasteiger partial charge < -0.3 is 20.6 Å². The number of aliphatic hydroxyl groups excluding tert-OH is 1. The molecule has 0 amide bonds. The molecule has 1 saturated heterocycles. The van der Waals surface area contributed by atoms with E-state index in [1.54, 1.807) is 6.07 Å². The Hall–Kier alpha value is -2.36. The largest absolute Gasteiger partial charge is 0.459 e. The molecule has 4 N–H and O–H groups in total. The van der Waals surface area contributed by atoms with E-state index >= 15 is 0 Å². The summed E-state index contributed by atoms with van der Waals surface area (Å²) < 4.78 is 5.76. The molecule has 2 aromatic heterocycles. The minimum absolute atomic E-state index is 0.166. The molecule has 130 valence electrons. The smallest absolute Gasteiger partial charge is 0.142 e. The van der Waals surface area contributed by atoms with Crippen molar-refractivity contribution in [1.82, 2.24) is 10.3 Å². The molecule has 3 heterocycles. The number of pyridine rings is 1. The first-order chi connectivity index (χ1) is 12.2. The predicted octanol–water partition coefficient (Wildman–Crippen LogP) is 2.15. The van der Waals surface area contributed by atoms with Gasteiger partial charge >= 0.3 is 0 Å². The number of nitrogens with one attached hydrogen (secondary N) is 1. The minimum Gasteiger partial charge on any atom is -0.459 e. The van der Waals surface area contributed by atoms with Crippen molar-refractivity contribution >= 4 is 5.82 Å². The maximum Gasteiger partial charge on any atom is 0.142 e.